The molecule has 4 nitrogen and oxygen atoms in total. The molecule has 1 heterocycles. The van der Waals surface area contributed by atoms with Crippen molar-refractivity contribution in [3.8, 4) is 0 Å². The van der Waals surface area contributed by atoms with Gasteiger partial charge in [0.05, 0.1) is 18.8 Å². The molecule has 0 amide bonds. The second-order valence-electron chi connectivity index (χ2n) is 6.83. The highest BCUT2D eigenvalue weighted by Gasteiger charge is 2.23. The van der Waals surface area contributed by atoms with E-state index in [0.717, 1.165) is 24.1 Å². The van der Waals surface area contributed by atoms with Crippen LogP contribution in [0.5, 0.6) is 0 Å². The zero-order valence-corrected chi connectivity index (χ0v) is 14.0. The molecule has 1 aromatic rings. The number of aryl methyl sites for hydroxylation is 1. The van der Waals surface area contributed by atoms with Crippen molar-refractivity contribution in [3.05, 3.63) is 17.0 Å². The molecule has 120 valence electrons. The molecule has 0 spiro atoms. The minimum atomic E-state index is 0.147. The summed E-state index contributed by atoms with van der Waals surface area (Å²) in [6.07, 6.45) is 5.31. The molecule has 0 unspecified atom stereocenters. The van der Waals surface area contributed by atoms with Gasteiger partial charge in [-0.25, -0.2) is 0 Å². The van der Waals surface area contributed by atoms with Gasteiger partial charge in [-0.05, 0) is 51.4 Å². The van der Waals surface area contributed by atoms with Gasteiger partial charge in [-0.15, -0.1) is 0 Å². The minimum Gasteiger partial charge on any atom is -0.394 e. The Morgan fingerprint density at radius 2 is 1.90 bits per heavy atom. The molecule has 1 aliphatic carbocycles. The van der Waals surface area contributed by atoms with Crippen LogP contribution in [0.3, 0.4) is 0 Å². The number of hydrogen-bond acceptors (Lipinski definition) is 3. The molecular weight excluding hydrogens is 262 g/mol. The summed E-state index contributed by atoms with van der Waals surface area (Å²) < 4.78 is 1.92. The molecule has 0 radical (unpaired) electrons. The van der Waals surface area contributed by atoms with Gasteiger partial charge in [0.25, 0.3) is 0 Å². The summed E-state index contributed by atoms with van der Waals surface area (Å²) in [6, 6.07) is 0.653. The zero-order chi connectivity index (χ0) is 15.4. The van der Waals surface area contributed by atoms with E-state index in [0.29, 0.717) is 12.6 Å². The van der Waals surface area contributed by atoms with E-state index >= 15 is 0 Å². The summed E-state index contributed by atoms with van der Waals surface area (Å²) in [5, 5.41) is 17.3. The fourth-order valence-electron chi connectivity index (χ4n) is 3.54. The Labute approximate surface area is 128 Å². The van der Waals surface area contributed by atoms with Gasteiger partial charge < -0.3 is 10.4 Å². The summed E-state index contributed by atoms with van der Waals surface area (Å²) in [4.78, 5) is 0. The van der Waals surface area contributed by atoms with Crippen molar-refractivity contribution in [2.24, 2.45) is 11.8 Å². The maximum absolute atomic E-state index is 9.07. The van der Waals surface area contributed by atoms with Crippen molar-refractivity contribution in [2.75, 3.05) is 6.61 Å². The molecule has 2 N–H and O–H groups in total. The Morgan fingerprint density at radius 1 is 1.24 bits per heavy atom. The van der Waals surface area contributed by atoms with E-state index in [1.807, 2.05) is 4.68 Å². The number of nitrogens with zero attached hydrogens (tertiary/aromatic N) is 2. The Hall–Kier alpha value is -0.870. The molecule has 1 aliphatic rings. The van der Waals surface area contributed by atoms with Gasteiger partial charge in [0.2, 0.25) is 0 Å². The fourth-order valence-corrected chi connectivity index (χ4v) is 3.54. The van der Waals surface area contributed by atoms with E-state index in [9.17, 15) is 0 Å². The van der Waals surface area contributed by atoms with Crippen LogP contribution < -0.4 is 5.32 Å². The Balaban J connectivity index is 1.87. The van der Waals surface area contributed by atoms with Crippen LogP contribution in [0, 0.1) is 25.7 Å². The van der Waals surface area contributed by atoms with E-state index in [1.165, 1.54) is 36.9 Å². The maximum atomic E-state index is 9.07. The highest BCUT2D eigenvalue weighted by Crippen LogP contribution is 2.30. The number of rotatable bonds is 6. The third-order valence-corrected chi connectivity index (χ3v) is 5.13. The number of aliphatic hydroxyl groups is 1. The highest BCUT2D eigenvalue weighted by molar-refractivity contribution is 5.24. The summed E-state index contributed by atoms with van der Waals surface area (Å²) in [5.41, 5.74) is 3.57. The van der Waals surface area contributed by atoms with Crippen LogP contribution in [-0.4, -0.2) is 27.5 Å². The second-order valence-corrected chi connectivity index (χ2v) is 6.83. The van der Waals surface area contributed by atoms with Crippen LogP contribution in [0.15, 0.2) is 0 Å². The SMILES string of the molecule is Cc1nn(CCO)c(C)c1CNC1CCC(C(C)C)CC1. The predicted octanol–water partition coefficient (Wildman–Crippen LogP) is 2.80. The molecule has 21 heavy (non-hydrogen) atoms. The van der Waals surface area contributed by atoms with E-state index < -0.39 is 0 Å². The molecule has 0 aromatic carbocycles. The topological polar surface area (TPSA) is 50.1 Å². The smallest absolute Gasteiger partial charge is 0.0644 e. The Morgan fingerprint density at radius 3 is 2.48 bits per heavy atom. The van der Waals surface area contributed by atoms with E-state index in [2.05, 4.69) is 38.1 Å². The zero-order valence-electron chi connectivity index (χ0n) is 14.0. The monoisotopic (exact) mass is 293 g/mol. The van der Waals surface area contributed by atoms with E-state index in [1.54, 1.807) is 0 Å². The fraction of sp³-hybridized carbons (Fsp3) is 0.824. The first-order chi connectivity index (χ1) is 10.0. The molecule has 2 rings (SSSR count). The van der Waals surface area contributed by atoms with Crippen LogP contribution in [0.1, 0.15) is 56.5 Å². The van der Waals surface area contributed by atoms with Crippen LogP contribution in [0.4, 0.5) is 0 Å². The lowest BCUT2D eigenvalue weighted by molar-refractivity contribution is 0.238. The van der Waals surface area contributed by atoms with Gasteiger partial charge in [0, 0.05) is 23.8 Å². The average molecular weight is 293 g/mol. The lowest BCUT2D eigenvalue weighted by atomic mass is 9.79. The second kappa shape index (κ2) is 7.41. The van der Waals surface area contributed by atoms with Crippen LogP contribution in [-0.2, 0) is 13.1 Å². The third kappa shape index (κ3) is 4.07. The van der Waals surface area contributed by atoms with Crippen LogP contribution in [0.2, 0.25) is 0 Å². The third-order valence-electron chi connectivity index (χ3n) is 5.13. The summed E-state index contributed by atoms with van der Waals surface area (Å²) >= 11 is 0. The molecule has 0 bridgehead atoms. The Kier molecular flexibility index (Phi) is 5.82. The van der Waals surface area contributed by atoms with Crippen molar-refractivity contribution in [2.45, 2.75) is 72.5 Å². The average Bonchev–Trinajstić information content (AvgIpc) is 2.72. The van der Waals surface area contributed by atoms with Crippen molar-refractivity contribution in [1.29, 1.82) is 0 Å². The molecule has 4 heteroatoms. The molecule has 0 saturated heterocycles. The molecule has 0 atom stereocenters. The standard InChI is InChI=1S/C17H31N3O/c1-12(2)15-5-7-16(8-6-15)18-11-17-13(3)19-20(9-10-21)14(17)4/h12,15-16,18,21H,5-11H2,1-4H3. The normalized spacial score (nSPS) is 23.0. The van der Waals surface area contributed by atoms with Crippen molar-refractivity contribution in [3.63, 3.8) is 0 Å². The number of nitrogens with one attached hydrogen (secondary N) is 1. The van der Waals surface area contributed by atoms with E-state index in [4.69, 9.17) is 5.11 Å². The van der Waals surface area contributed by atoms with Crippen molar-refractivity contribution >= 4 is 0 Å². The largest absolute Gasteiger partial charge is 0.394 e. The van der Waals surface area contributed by atoms with Crippen LogP contribution in [0.25, 0.3) is 0 Å². The molecule has 1 fully saturated rings. The van der Waals surface area contributed by atoms with Crippen molar-refractivity contribution < 1.29 is 5.11 Å². The minimum absolute atomic E-state index is 0.147. The number of aliphatic hydroxyl groups excluding tert-OH is 1. The molecule has 1 aromatic heterocycles. The lowest BCUT2D eigenvalue weighted by Gasteiger charge is -2.31. The quantitative estimate of drug-likeness (QED) is 0.848. The summed E-state index contributed by atoms with van der Waals surface area (Å²) in [5.74, 6) is 1.74. The first-order valence-corrected chi connectivity index (χ1v) is 8.40. The Bertz CT molecular complexity index is 445. The highest BCUT2D eigenvalue weighted by atomic mass is 16.3. The molecular formula is C17H31N3O. The van der Waals surface area contributed by atoms with Gasteiger partial charge in [0.1, 0.15) is 0 Å². The van der Waals surface area contributed by atoms with E-state index in [-0.39, 0.29) is 6.61 Å². The first-order valence-electron chi connectivity index (χ1n) is 8.40. The first kappa shape index (κ1) is 16.5. The van der Waals surface area contributed by atoms with Gasteiger partial charge in [-0.3, -0.25) is 4.68 Å². The number of hydrogen-bond donors (Lipinski definition) is 2. The van der Waals surface area contributed by atoms with Gasteiger partial charge in [-0.1, -0.05) is 13.8 Å². The molecule has 0 aliphatic heterocycles. The molecule has 1 saturated carbocycles. The lowest BCUT2D eigenvalue weighted by Crippen LogP contribution is -2.34. The summed E-state index contributed by atoms with van der Waals surface area (Å²) in [6.45, 7) is 10.5. The predicted molar refractivity (Wildman–Crippen MR) is 86.2 cm³/mol. The van der Waals surface area contributed by atoms with Crippen molar-refractivity contribution in [1.82, 2.24) is 15.1 Å². The maximum Gasteiger partial charge on any atom is 0.0644 e. The summed E-state index contributed by atoms with van der Waals surface area (Å²) in [7, 11) is 0. The van der Waals surface area contributed by atoms with Crippen LogP contribution >= 0.6 is 0 Å². The van der Waals surface area contributed by atoms with Gasteiger partial charge in [-0.2, -0.15) is 5.10 Å². The van der Waals surface area contributed by atoms with Gasteiger partial charge >= 0.3 is 0 Å². The number of aromatic nitrogens is 2. The van der Waals surface area contributed by atoms with Gasteiger partial charge in [0.15, 0.2) is 0 Å².